The van der Waals surface area contributed by atoms with E-state index in [4.69, 9.17) is 9.84 Å². The molecule has 6 nitrogen and oxygen atoms in total. The third-order valence-electron chi connectivity index (χ3n) is 8.07. The van der Waals surface area contributed by atoms with E-state index >= 15 is 0 Å². The summed E-state index contributed by atoms with van der Waals surface area (Å²) in [6.07, 6.45) is 9.49. The van der Waals surface area contributed by atoms with Gasteiger partial charge < -0.3 is 15.0 Å². The Labute approximate surface area is 197 Å². The fourth-order valence-corrected chi connectivity index (χ4v) is 6.14. The lowest BCUT2D eigenvalue weighted by molar-refractivity contribution is 0.0297. The van der Waals surface area contributed by atoms with E-state index in [0.29, 0.717) is 38.0 Å². The average Bonchev–Trinajstić information content (AvgIpc) is 3.26. The van der Waals surface area contributed by atoms with Gasteiger partial charge >= 0.3 is 0 Å². The molecule has 0 radical (unpaired) electrons. The van der Waals surface area contributed by atoms with Gasteiger partial charge in [0.2, 0.25) is 0 Å². The molecule has 2 aliphatic carbocycles. The van der Waals surface area contributed by atoms with Crippen LogP contribution >= 0.6 is 0 Å². The smallest absolute Gasteiger partial charge is 0.274 e. The van der Waals surface area contributed by atoms with Crippen molar-refractivity contribution in [2.75, 3.05) is 32.8 Å². The Hall–Kier alpha value is -2.18. The summed E-state index contributed by atoms with van der Waals surface area (Å²) >= 11 is 0. The minimum Gasteiger partial charge on any atom is -0.378 e. The average molecular weight is 451 g/mol. The fourth-order valence-electron chi connectivity index (χ4n) is 6.14. The van der Waals surface area contributed by atoms with Crippen LogP contribution in [-0.4, -0.2) is 59.5 Å². The number of hydrogen-bond acceptors (Lipinski definition) is 4. The topological polar surface area (TPSA) is 59.4 Å². The second-order valence-corrected chi connectivity index (χ2v) is 10.0. The fraction of sp³-hybridized carbons (Fsp3) is 0.630. The maximum Gasteiger partial charge on any atom is 0.274 e. The molecule has 2 aromatic rings. The predicted molar refractivity (Wildman–Crippen MR) is 130 cm³/mol. The summed E-state index contributed by atoms with van der Waals surface area (Å²) in [5.74, 6) is 0.0791. The number of carbonyl (C=O) groups excluding carboxylic acids is 1. The molecule has 0 bridgehead atoms. The molecule has 1 atom stereocenters. The second kappa shape index (κ2) is 9.98. The van der Waals surface area contributed by atoms with E-state index < -0.39 is 0 Å². The van der Waals surface area contributed by atoms with Crippen molar-refractivity contribution in [1.82, 2.24) is 20.0 Å². The van der Waals surface area contributed by atoms with Gasteiger partial charge in [0.1, 0.15) is 0 Å². The largest absolute Gasteiger partial charge is 0.378 e. The van der Waals surface area contributed by atoms with Crippen molar-refractivity contribution >= 4 is 5.91 Å². The molecule has 1 N–H and O–H groups in total. The van der Waals surface area contributed by atoms with E-state index in [1.54, 1.807) is 0 Å². The maximum atomic E-state index is 13.3. The molecule has 1 amide bonds. The molecule has 1 saturated carbocycles. The summed E-state index contributed by atoms with van der Waals surface area (Å²) in [5.41, 5.74) is 4.84. The van der Waals surface area contributed by atoms with Gasteiger partial charge in [-0.1, -0.05) is 49.6 Å². The normalized spacial score (nSPS) is 22.7. The van der Waals surface area contributed by atoms with Gasteiger partial charge in [-0.2, -0.15) is 5.10 Å². The van der Waals surface area contributed by atoms with Crippen molar-refractivity contribution in [3.63, 3.8) is 0 Å². The number of nitrogens with zero attached hydrogens (tertiary/aromatic N) is 3. The van der Waals surface area contributed by atoms with Gasteiger partial charge in [0.05, 0.1) is 13.2 Å². The number of aryl methyl sites for hydroxylation is 1. The zero-order valence-electron chi connectivity index (χ0n) is 20.0. The van der Waals surface area contributed by atoms with Crippen LogP contribution in [0.4, 0.5) is 0 Å². The first-order valence-corrected chi connectivity index (χ1v) is 12.9. The molecule has 178 valence electrons. The zero-order chi connectivity index (χ0) is 22.7. The van der Waals surface area contributed by atoms with Gasteiger partial charge in [0, 0.05) is 48.9 Å². The highest BCUT2D eigenvalue weighted by Gasteiger charge is 2.36. The van der Waals surface area contributed by atoms with Gasteiger partial charge in [-0.15, -0.1) is 0 Å². The van der Waals surface area contributed by atoms with Crippen molar-refractivity contribution in [3.05, 3.63) is 52.8 Å². The van der Waals surface area contributed by atoms with Gasteiger partial charge in [-0.25, -0.2) is 0 Å². The molecular formula is C27H38N4O2. The quantitative estimate of drug-likeness (QED) is 0.729. The van der Waals surface area contributed by atoms with Gasteiger partial charge in [0.15, 0.2) is 5.69 Å². The van der Waals surface area contributed by atoms with E-state index in [2.05, 4.69) is 47.3 Å². The lowest BCUT2D eigenvalue weighted by Gasteiger charge is -2.40. The van der Waals surface area contributed by atoms with E-state index in [1.165, 1.54) is 48.9 Å². The first kappa shape index (κ1) is 22.6. The van der Waals surface area contributed by atoms with Crippen LogP contribution in [0.25, 0.3) is 0 Å². The van der Waals surface area contributed by atoms with E-state index in [-0.39, 0.29) is 11.3 Å². The van der Waals surface area contributed by atoms with Crippen molar-refractivity contribution in [2.45, 2.75) is 76.3 Å². The number of nitrogens with one attached hydrogen (secondary N) is 1. The molecular weight excluding hydrogens is 412 g/mol. The van der Waals surface area contributed by atoms with Gasteiger partial charge in [-0.3, -0.25) is 9.48 Å². The molecule has 1 saturated heterocycles. The van der Waals surface area contributed by atoms with Crippen molar-refractivity contribution in [3.8, 4) is 0 Å². The first-order valence-electron chi connectivity index (χ1n) is 12.9. The molecule has 0 spiro atoms. The van der Waals surface area contributed by atoms with Crippen LogP contribution in [0.5, 0.6) is 0 Å². The van der Waals surface area contributed by atoms with Crippen LogP contribution in [0.3, 0.4) is 0 Å². The van der Waals surface area contributed by atoms with Crippen LogP contribution in [0.2, 0.25) is 0 Å². The highest BCUT2D eigenvalue weighted by Crippen LogP contribution is 2.39. The number of benzene rings is 1. The summed E-state index contributed by atoms with van der Waals surface area (Å²) in [4.78, 5) is 15.2. The zero-order valence-corrected chi connectivity index (χ0v) is 20.0. The Bertz CT molecular complexity index is 943. The van der Waals surface area contributed by atoms with E-state index in [0.717, 1.165) is 32.4 Å². The molecule has 33 heavy (non-hydrogen) atoms. The molecule has 1 aromatic heterocycles. The standard InChI is InChI=1S/C27H38N4O2/c1-2-31-24-12-11-22(19-23(24)25(29-31)26(32)30-15-17-33-18-16-30)28-20-27(13-7-4-8-14-27)21-9-5-3-6-10-21/h3,5-6,9-10,22,28H,2,4,7-8,11-20H2,1H3. The van der Waals surface area contributed by atoms with Crippen LogP contribution in [0.15, 0.2) is 30.3 Å². The molecule has 3 aliphatic rings. The number of fused-ring (bicyclic) bond motifs is 1. The number of rotatable bonds is 6. The Kier molecular flexibility index (Phi) is 6.84. The molecule has 1 aliphatic heterocycles. The molecule has 2 fully saturated rings. The van der Waals surface area contributed by atoms with E-state index in [1.807, 2.05) is 4.90 Å². The minimum absolute atomic E-state index is 0.0791. The SMILES string of the molecule is CCn1nc(C(=O)N2CCOCC2)c2c1CCC(NCC1(c3ccccc3)CCCCC1)C2. The molecule has 5 rings (SSSR count). The highest BCUT2D eigenvalue weighted by molar-refractivity contribution is 5.94. The first-order chi connectivity index (χ1) is 16.2. The summed E-state index contributed by atoms with van der Waals surface area (Å²) in [7, 11) is 0. The lowest BCUT2D eigenvalue weighted by atomic mass is 9.69. The highest BCUT2D eigenvalue weighted by atomic mass is 16.5. The number of ether oxygens (including phenoxy) is 1. The van der Waals surface area contributed by atoms with E-state index in [9.17, 15) is 4.79 Å². The predicted octanol–water partition coefficient (Wildman–Crippen LogP) is 3.72. The molecule has 1 aromatic carbocycles. The van der Waals surface area contributed by atoms with Gasteiger partial charge in [-0.05, 0) is 44.6 Å². The number of morpholine rings is 1. The monoisotopic (exact) mass is 450 g/mol. The molecule has 1 unspecified atom stereocenters. The van der Waals surface area contributed by atoms with Crippen molar-refractivity contribution < 1.29 is 9.53 Å². The number of carbonyl (C=O) groups is 1. The van der Waals surface area contributed by atoms with Crippen LogP contribution < -0.4 is 5.32 Å². The third-order valence-corrected chi connectivity index (χ3v) is 8.07. The molecule has 2 heterocycles. The minimum atomic E-state index is 0.0791. The summed E-state index contributed by atoms with van der Waals surface area (Å²) in [5, 5.41) is 8.75. The van der Waals surface area contributed by atoms with Crippen LogP contribution in [0, 0.1) is 0 Å². The summed E-state index contributed by atoms with van der Waals surface area (Å²) in [6, 6.07) is 11.5. The lowest BCUT2D eigenvalue weighted by Crippen LogP contribution is -2.46. The van der Waals surface area contributed by atoms with Crippen molar-refractivity contribution in [2.24, 2.45) is 0 Å². The second-order valence-electron chi connectivity index (χ2n) is 10.0. The van der Waals surface area contributed by atoms with Crippen molar-refractivity contribution in [1.29, 1.82) is 0 Å². The van der Waals surface area contributed by atoms with Gasteiger partial charge in [0.25, 0.3) is 5.91 Å². The summed E-state index contributed by atoms with van der Waals surface area (Å²) in [6.45, 7) is 6.51. The number of amides is 1. The molecule has 6 heteroatoms. The third kappa shape index (κ3) is 4.60. The number of aromatic nitrogens is 2. The number of hydrogen-bond donors (Lipinski definition) is 1. The Morgan fingerprint density at radius 3 is 2.64 bits per heavy atom. The van der Waals surface area contributed by atoms with Crippen LogP contribution in [-0.2, 0) is 29.5 Å². The Balaban J connectivity index is 1.33. The Morgan fingerprint density at radius 2 is 1.91 bits per heavy atom. The maximum absolute atomic E-state index is 13.3. The Morgan fingerprint density at radius 1 is 1.15 bits per heavy atom. The summed E-state index contributed by atoms with van der Waals surface area (Å²) < 4.78 is 7.51. The van der Waals surface area contributed by atoms with Crippen LogP contribution in [0.1, 0.15) is 72.8 Å².